The van der Waals surface area contributed by atoms with E-state index in [9.17, 15) is 9.59 Å². The van der Waals surface area contributed by atoms with Crippen LogP contribution in [0.3, 0.4) is 0 Å². The average molecular weight is 414 g/mol. The third-order valence-electron chi connectivity index (χ3n) is 5.73. The molecule has 0 saturated heterocycles. The molecular weight excluding hydrogens is 392 g/mol. The number of anilines is 1. The van der Waals surface area contributed by atoms with E-state index in [1.54, 1.807) is 37.3 Å². The van der Waals surface area contributed by atoms with Crippen LogP contribution in [0.25, 0.3) is 11.0 Å². The van der Waals surface area contributed by atoms with Crippen molar-refractivity contribution in [1.82, 2.24) is 5.16 Å². The summed E-state index contributed by atoms with van der Waals surface area (Å²) in [5, 5.41) is 4.50. The number of nitrogens with zero attached hydrogens (tertiary/aromatic N) is 2. The topological polar surface area (TPSA) is 76.6 Å². The highest BCUT2D eigenvalue weighted by Crippen LogP contribution is 2.41. The van der Waals surface area contributed by atoms with Crippen molar-refractivity contribution in [2.75, 3.05) is 4.90 Å². The molecule has 1 aliphatic rings. The lowest BCUT2D eigenvalue weighted by Crippen LogP contribution is -2.29. The van der Waals surface area contributed by atoms with Gasteiger partial charge in [-0.3, -0.25) is 14.5 Å². The highest BCUT2D eigenvalue weighted by molar-refractivity contribution is 6.10. The van der Waals surface area contributed by atoms with Crippen LogP contribution in [0, 0.1) is 6.92 Å². The summed E-state index contributed by atoms with van der Waals surface area (Å²) in [4.78, 5) is 28.4. The molecule has 6 nitrogen and oxygen atoms in total. The minimum atomic E-state index is -0.651. The molecule has 2 aromatic heterocycles. The van der Waals surface area contributed by atoms with E-state index in [-0.39, 0.29) is 16.6 Å². The molecule has 0 N–H and O–H groups in total. The van der Waals surface area contributed by atoms with Crippen molar-refractivity contribution in [3.8, 4) is 0 Å². The molecule has 2 aromatic carbocycles. The molecule has 4 aromatic rings. The zero-order valence-electron chi connectivity index (χ0n) is 17.8. The summed E-state index contributed by atoms with van der Waals surface area (Å²) < 4.78 is 11.2. The minimum absolute atomic E-state index is 0.0138. The fourth-order valence-electron chi connectivity index (χ4n) is 4.10. The second-order valence-corrected chi connectivity index (χ2v) is 8.92. The molecule has 0 bridgehead atoms. The van der Waals surface area contributed by atoms with Crippen molar-refractivity contribution in [2.24, 2.45) is 0 Å². The zero-order valence-corrected chi connectivity index (χ0v) is 17.8. The lowest BCUT2D eigenvalue weighted by molar-refractivity contribution is 0.0969. The first-order valence-corrected chi connectivity index (χ1v) is 10.2. The van der Waals surface area contributed by atoms with Crippen molar-refractivity contribution < 1.29 is 13.7 Å². The number of hydrogen-bond acceptors (Lipinski definition) is 5. The van der Waals surface area contributed by atoms with Gasteiger partial charge in [-0.15, -0.1) is 0 Å². The first-order valence-electron chi connectivity index (χ1n) is 10.2. The van der Waals surface area contributed by atoms with E-state index in [1.807, 2.05) is 24.3 Å². The molecule has 1 aliphatic heterocycles. The Morgan fingerprint density at radius 2 is 1.71 bits per heavy atom. The molecule has 156 valence electrons. The van der Waals surface area contributed by atoms with Crippen molar-refractivity contribution in [1.29, 1.82) is 0 Å². The summed E-state index contributed by atoms with van der Waals surface area (Å²) >= 11 is 0. The molecule has 31 heavy (non-hydrogen) atoms. The van der Waals surface area contributed by atoms with Crippen LogP contribution in [-0.2, 0) is 5.41 Å². The van der Waals surface area contributed by atoms with Crippen molar-refractivity contribution in [3.05, 3.63) is 93.0 Å². The van der Waals surface area contributed by atoms with Gasteiger partial charge in [0.2, 0.25) is 5.76 Å². The maximum Gasteiger partial charge on any atom is 0.296 e. The Bertz CT molecular complexity index is 1370. The maximum atomic E-state index is 13.5. The molecule has 0 radical (unpaired) electrons. The second-order valence-electron chi connectivity index (χ2n) is 8.92. The summed E-state index contributed by atoms with van der Waals surface area (Å²) in [5.41, 5.74) is 2.46. The predicted molar refractivity (Wildman–Crippen MR) is 118 cm³/mol. The number of fused-ring (bicyclic) bond motifs is 2. The highest BCUT2D eigenvalue weighted by atomic mass is 16.5. The molecule has 1 amide bonds. The monoisotopic (exact) mass is 414 g/mol. The number of rotatable bonds is 2. The van der Waals surface area contributed by atoms with Gasteiger partial charge in [-0.25, -0.2) is 0 Å². The summed E-state index contributed by atoms with van der Waals surface area (Å²) in [6.45, 7) is 8.18. The summed E-state index contributed by atoms with van der Waals surface area (Å²) in [6.07, 6.45) is 0. The number of benzene rings is 2. The van der Waals surface area contributed by atoms with Gasteiger partial charge in [0.15, 0.2) is 11.2 Å². The van der Waals surface area contributed by atoms with Crippen LogP contribution in [-0.4, -0.2) is 11.1 Å². The number of para-hydroxylation sites is 1. The van der Waals surface area contributed by atoms with Gasteiger partial charge in [-0.05, 0) is 35.6 Å². The van der Waals surface area contributed by atoms with Crippen LogP contribution in [0.2, 0.25) is 0 Å². The van der Waals surface area contributed by atoms with Gasteiger partial charge >= 0.3 is 0 Å². The van der Waals surface area contributed by atoms with Gasteiger partial charge in [-0.1, -0.05) is 62.3 Å². The van der Waals surface area contributed by atoms with E-state index in [1.165, 1.54) is 4.90 Å². The first-order chi connectivity index (χ1) is 14.8. The molecular formula is C25H22N2O4. The lowest BCUT2D eigenvalue weighted by Gasteiger charge is -2.24. The van der Waals surface area contributed by atoms with Gasteiger partial charge in [0, 0.05) is 6.07 Å². The molecule has 0 unspecified atom stereocenters. The van der Waals surface area contributed by atoms with Crippen LogP contribution < -0.4 is 10.3 Å². The van der Waals surface area contributed by atoms with Gasteiger partial charge in [0.05, 0.1) is 17.0 Å². The largest absolute Gasteiger partial charge is 0.450 e. The summed E-state index contributed by atoms with van der Waals surface area (Å²) in [7, 11) is 0. The van der Waals surface area contributed by atoms with E-state index >= 15 is 0 Å². The number of amides is 1. The van der Waals surface area contributed by atoms with Gasteiger partial charge in [-0.2, -0.15) is 0 Å². The molecule has 0 saturated carbocycles. The fraction of sp³-hybridized carbons (Fsp3) is 0.240. The van der Waals surface area contributed by atoms with E-state index in [2.05, 4.69) is 25.9 Å². The number of carbonyl (C=O) groups excluding carboxylic acids is 1. The highest BCUT2D eigenvalue weighted by Gasteiger charge is 2.44. The molecule has 5 rings (SSSR count). The van der Waals surface area contributed by atoms with E-state index in [4.69, 9.17) is 8.94 Å². The maximum absolute atomic E-state index is 13.5. The fourth-order valence-corrected chi connectivity index (χ4v) is 4.10. The molecule has 1 atom stereocenters. The number of aromatic nitrogens is 1. The molecule has 6 heteroatoms. The Balaban J connectivity index is 1.76. The molecule has 0 spiro atoms. The summed E-state index contributed by atoms with van der Waals surface area (Å²) in [6, 6.07) is 16.0. The van der Waals surface area contributed by atoms with E-state index < -0.39 is 11.9 Å². The van der Waals surface area contributed by atoms with Crippen LogP contribution in [0.1, 0.15) is 59.8 Å². The van der Waals surface area contributed by atoms with Crippen molar-refractivity contribution in [3.63, 3.8) is 0 Å². The Morgan fingerprint density at radius 3 is 2.35 bits per heavy atom. The minimum Gasteiger partial charge on any atom is -0.450 e. The SMILES string of the molecule is Cc1cc(N2C(=O)c3oc4ccccc4c(=O)c3[C@H]2c2ccc(C(C)(C)C)cc2)no1. The second kappa shape index (κ2) is 6.67. The van der Waals surface area contributed by atoms with E-state index in [0.717, 1.165) is 11.1 Å². The molecule has 3 heterocycles. The Morgan fingerprint density at radius 1 is 1.00 bits per heavy atom. The third-order valence-corrected chi connectivity index (χ3v) is 5.73. The zero-order chi connectivity index (χ0) is 21.9. The van der Waals surface area contributed by atoms with Crippen LogP contribution in [0.15, 0.2) is 68.3 Å². The predicted octanol–water partition coefficient (Wildman–Crippen LogP) is 5.14. The van der Waals surface area contributed by atoms with Crippen LogP contribution in [0.4, 0.5) is 5.82 Å². The van der Waals surface area contributed by atoms with Crippen LogP contribution in [0.5, 0.6) is 0 Å². The quantitative estimate of drug-likeness (QED) is 0.454. The average Bonchev–Trinajstić information content (AvgIpc) is 3.29. The van der Waals surface area contributed by atoms with Crippen LogP contribution >= 0.6 is 0 Å². The number of aryl methyl sites for hydroxylation is 1. The Kier molecular flexibility index (Phi) is 4.15. The first kappa shape index (κ1) is 19.3. The van der Waals surface area contributed by atoms with Crippen molar-refractivity contribution >= 4 is 22.7 Å². The standard InChI is InChI=1S/C25H22N2O4/c1-14-13-19(26-31-14)27-21(15-9-11-16(12-10-15)25(2,3)4)20-22(28)17-7-5-6-8-18(17)30-23(20)24(27)29/h5-13,21H,1-4H3/t21-/m1/s1. The van der Waals surface area contributed by atoms with Gasteiger partial charge in [0.25, 0.3) is 5.91 Å². The molecule has 0 aliphatic carbocycles. The van der Waals surface area contributed by atoms with E-state index in [0.29, 0.717) is 28.1 Å². The number of carbonyl (C=O) groups is 1. The smallest absolute Gasteiger partial charge is 0.296 e. The number of hydrogen-bond donors (Lipinski definition) is 0. The lowest BCUT2D eigenvalue weighted by atomic mass is 9.86. The third kappa shape index (κ3) is 2.98. The Labute approximate surface area is 179 Å². The normalized spacial score (nSPS) is 16.2. The van der Waals surface area contributed by atoms with Gasteiger partial charge < -0.3 is 8.94 Å². The van der Waals surface area contributed by atoms with Gasteiger partial charge in [0.1, 0.15) is 11.3 Å². The van der Waals surface area contributed by atoms with Crippen molar-refractivity contribution in [2.45, 2.75) is 39.2 Å². The summed E-state index contributed by atoms with van der Waals surface area (Å²) in [5.74, 6) is 0.567. The molecule has 0 fully saturated rings. The Hall–Kier alpha value is -3.67.